The van der Waals surface area contributed by atoms with Gasteiger partial charge in [-0.2, -0.15) is 5.10 Å². The number of nitrogens with zero attached hydrogens (tertiary/aromatic N) is 6. The number of aromatic nitrogens is 5. The molecule has 36 heavy (non-hydrogen) atoms. The number of hydrogen-bond acceptors (Lipinski definition) is 5. The van der Waals surface area contributed by atoms with Gasteiger partial charge in [-0.3, -0.25) is 14.4 Å². The van der Waals surface area contributed by atoms with Gasteiger partial charge in [-0.25, -0.2) is 9.78 Å². The molecule has 0 fully saturated rings. The molecule has 3 aromatic heterocycles. The summed E-state index contributed by atoms with van der Waals surface area (Å²) >= 11 is 0. The van der Waals surface area contributed by atoms with Crippen molar-refractivity contribution in [1.29, 1.82) is 0 Å². The fourth-order valence-corrected chi connectivity index (χ4v) is 5.06. The quantitative estimate of drug-likeness (QED) is 0.368. The average Bonchev–Trinajstić information content (AvgIpc) is 3.43. The Bertz CT molecular complexity index is 1450. The number of nitrogens with one attached hydrogen (secondary N) is 1. The zero-order valence-corrected chi connectivity index (χ0v) is 20.6. The lowest BCUT2D eigenvalue weighted by Gasteiger charge is -2.33. The number of rotatable bonds is 8. The maximum absolute atomic E-state index is 12.2. The summed E-state index contributed by atoms with van der Waals surface area (Å²) in [5.41, 5.74) is 4.63. The Morgan fingerprint density at radius 2 is 2.08 bits per heavy atom. The number of fused-ring (bicyclic) bond motifs is 3. The Morgan fingerprint density at radius 3 is 2.83 bits per heavy atom. The van der Waals surface area contributed by atoms with Gasteiger partial charge in [0.05, 0.1) is 22.9 Å². The van der Waals surface area contributed by atoms with Crippen molar-refractivity contribution in [2.45, 2.75) is 51.9 Å². The molecule has 1 aliphatic rings. The summed E-state index contributed by atoms with van der Waals surface area (Å²) in [6, 6.07) is 8.97. The number of pyridine rings is 1. The Morgan fingerprint density at radius 1 is 1.22 bits per heavy atom. The molecule has 1 aliphatic heterocycles. The molecule has 0 saturated carbocycles. The van der Waals surface area contributed by atoms with Crippen molar-refractivity contribution in [2.24, 2.45) is 7.05 Å². The lowest BCUT2D eigenvalue weighted by atomic mass is 9.96. The molecule has 4 heterocycles. The van der Waals surface area contributed by atoms with Crippen molar-refractivity contribution in [3.63, 3.8) is 0 Å². The summed E-state index contributed by atoms with van der Waals surface area (Å²) in [6.07, 6.45) is 6.82. The van der Waals surface area contributed by atoms with Gasteiger partial charge in [0.15, 0.2) is 0 Å². The van der Waals surface area contributed by atoms with Gasteiger partial charge in [-0.15, -0.1) is 0 Å². The zero-order valence-electron chi connectivity index (χ0n) is 20.6. The predicted octanol–water partition coefficient (Wildman–Crippen LogP) is 2.78. The Labute approximate surface area is 208 Å². The van der Waals surface area contributed by atoms with Crippen LogP contribution in [0.4, 0.5) is 10.5 Å². The van der Waals surface area contributed by atoms with Crippen LogP contribution >= 0.6 is 0 Å². The van der Waals surface area contributed by atoms with Gasteiger partial charge in [0.2, 0.25) is 0 Å². The second-order valence-electron chi connectivity index (χ2n) is 9.33. The van der Waals surface area contributed by atoms with Crippen LogP contribution in [0.1, 0.15) is 30.3 Å². The van der Waals surface area contributed by atoms with Gasteiger partial charge in [-0.1, -0.05) is 6.07 Å². The fraction of sp³-hybridized carbons (Fsp3) is 0.385. The first kappa shape index (κ1) is 23.8. The van der Waals surface area contributed by atoms with Gasteiger partial charge in [-0.05, 0) is 38.0 Å². The van der Waals surface area contributed by atoms with Gasteiger partial charge in [0, 0.05) is 75.3 Å². The highest BCUT2D eigenvalue weighted by atomic mass is 16.4. The first-order valence-corrected chi connectivity index (χ1v) is 12.3. The number of amides is 1. The Balaban J connectivity index is 1.45. The highest BCUT2D eigenvalue weighted by Crippen LogP contribution is 2.36. The highest BCUT2D eigenvalue weighted by molar-refractivity contribution is 5.94. The van der Waals surface area contributed by atoms with Crippen LogP contribution in [0.3, 0.4) is 0 Å². The van der Waals surface area contributed by atoms with Crippen molar-refractivity contribution in [2.75, 3.05) is 11.4 Å². The molecule has 0 aliphatic carbocycles. The molecule has 0 radical (unpaired) electrons. The molecule has 0 bridgehead atoms. The molecule has 0 saturated heterocycles. The molecule has 4 aromatic rings. The summed E-state index contributed by atoms with van der Waals surface area (Å²) in [5.74, 6) is 0.887. The van der Waals surface area contributed by atoms with Crippen molar-refractivity contribution >= 4 is 22.8 Å². The van der Waals surface area contributed by atoms with Gasteiger partial charge < -0.3 is 19.6 Å². The third-order valence-corrected chi connectivity index (χ3v) is 6.87. The van der Waals surface area contributed by atoms with E-state index in [0.29, 0.717) is 19.5 Å². The molecular weight excluding hydrogens is 458 g/mol. The van der Waals surface area contributed by atoms with Crippen LogP contribution in [0, 0.1) is 0 Å². The molecule has 10 heteroatoms. The molecule has 5 rings (SSSR count). The molecule has 1 aromatic carbocycles. The average molecular weight is 490 g/mol. The van der Waals surface area contributed by atoms with Crippen LogP contribution in [0.15, 0.2) is 53.7 Å². The third kappa shape index (κ3) is 4.64. The number of anilines is 1. The third-order valence-electron chi connectivity index (χ3n) is 6.87. The maximum atomic E-state index is 12.2. The summed E-state index contributed by atoms with van der Waals surface area (Å²) in [6.45, 7) is 4.61. The van der Waals surface area contributed by atoms with Crippen LogP contribution in [0.25, 0.3) is 11.0 Å². The Kier molecular flexibility index (Phi) is 6.60. The standard InChI is InChI=1S/C26H31N7O3/c1-18-6-7-20-21(33(18)26(35)36)8-9-22-25(20)29-23(10-13-31-12-4-3-5-24(31)34)32(22)14-11-27-15-19-16-28-30(2)17-19/h3-5,8-9,12,16-18,27H,6-7,10-11,13-15H2,1-2H3,(H,35,36)/t18-/m0/s1. The molecule has 1 amide bonds. The van der Waals surface area contributed by atoms with E-state index in [0.717, 1.165) is 59.6 Å². The SMILES string of the molecule is C[C@H]1CCc2c(ccc3c2nc(CCn2ccccc2=O)n3CCNCc2cnn(C)c2)N1C(=O)O. The number of carboxylic acid groups (broad SMARTS) is 1. The highest BCUT2D eigenvalue weighted by Gasteiger charge is 2.30. The van der Waals surface area contributed by atoms with Crippen molar-refractivity contribution in [3.05, 3.63) is 76.2 Å². The number of benzene rings is 1. The van der Waals surface area contributed by atoms with Crippen LogP contribution in [-0.4, -0.2) is 47.7 Å². The first-order chi connectivity index (χ1) is 17.4. The van der Waals surface area contributed by atoms with E-state index in [-0.39, 0.29) is 11.6 Å². The number of aryl methyl sites for hydroxylation is 4. The van der Waals surface area contributed by atoms with Crippen LogP contribution in [0.2, 0.25) is 0 Å². The topological polar surface area (TPSA) is 110 Å². The molecule has 0 spiro atoms. The predicted molar refractivity (Wildman–Crippen MR) is 137 cm³/mol. The normalized spacial score (nSPS) is 15.4. The molecule has 0 unspecified atom stereocenters. The van der Waals surface area contributed by atoms with Crippen molar-refractivity contribution in [3.8, 4) is 0 Å². The fourth-order valence-electron chi connectivity index (χ4n) is 5.06. The van der Waals surface area contributed by atoms with E-state index in [1.165, 1.54) is 4.90 Å². The number of imidazole rings is 1. The van der Waals surface area contributed by atoms with E-state index >= 15 is 0 Å². The number of carbonyl (C=O) groups is 1. The van der Waals surface area contributed by atoms with Crippen LogP contribution < -0.4 is 15.8 Å². The molecular formula is C26H31N7O3. The van der Waals surface area contributed by atoms with E-state index in [1.54, 1.807) is 27.6 Å². The smallest absolute Gasteiger partial charge is 0.412 e. The van der Waals surface area contributed by atoms with Gasteiger partial charge in [0.25, 0.3) is 5.56 Å². The minimum atomic E-state index is -0.939. The van der Waals surface area contributed by atoms with E-state index in [9.17, 15) is 14.7 Å². The second-order valence-corrected chi connectivity index (χ2v) is 9.33. The van der Waals surface area contributed by atoms with E-state index in [2.05, 4.69) is 15.0 Å². The van der Waals surface area contributed by atoms with Crippen molar-refractivity contribution in [1.82, 2.24) is 29.2 Å². The first-order valence-electron chi connectivity index (χ1n) is 12.3. The lowest BCUT2D eigenvalue weighted by Crippen LogP contribution is -2.41. The van der Waals surface area contributed by atoms with Crippen LogP contribution in [-0.2, 0) is 39.5 Å². The summed E-state index contributed by atoms with van der Waals surface area (Å²) in [7, 11) is 1.90. The monoisotopic (exact) mass is 489 g/mol. The van der Waals surface area contributed by atoms with E-state index in [4.69, 9.17) is 4.98 Å². The molecule has 1 atom stereocenters. The minimum Gasteiger partial charge on any atom is -0.465 e. The summed E-state index contributed by atoms with van der Waals surface area (Å²) in [4.78, 5) is 30.7. The summed E-state index contributed by atoms with van der Waals surface area (Å²) in [5, 5.41) is 17.5. The number of hydrogen-bond donors (Lipinski definition) is 2. The Hall–Kier alpha value is -3.92. The summed E-state index contributed by atoms with van der Waals surface area (Å²) < 4.78 is 5.67. The molecule has 10 nitrogen and oxygen atoms in total. The van der Waals surface area contributed by atoms with Gasteiger partial charge >= 0.3 is 6.09 Å². The second kappa shape index (κ2) is 9.98. The molecule has 2 N–H and O–H groups in total. The lowest BCUT2D eigenvalue weighted by molar-refractivity contribution is 0.198. The van der Waals surface area contributed by atoms with Crippen molar-refractivity contribution < 1.29 is 9.90 Å². The van der Waals surface area contributed by atoms with Gasteiger partial charge in [0.1, 0.15) is 5.82 Å². The maximum Gasteiger partial charge on any atom is 0.412 e. The zero-order chi connectivity index (χ0) is 25.2. The van der Waals surface area contributed by atoms with E-state index in [1.807, 2.05) is 44.6 Å². The van der Waals surface area contributed by atoms with E-state index < -0.39 is 6.09 Å². The largest absolute Gasteiger partial charge is 0.465 e. The van der Waals surface area contributed by atoms with Crippen LogP contribution in [0.5, 0.6) is 0 Å². The molecule has 188 valence electrons. The minimum absolute atomic E-state index is 0.0400.